The van der Waals surface area contributed by atoms with E-state index in [0.717, 1.165) is 62.0 Å². The zero-order valence-electron chi connectivity index (χ0n) is 17.9. The minimum atomic E-state index is -0.0226. The van der Waals surface area contributed by atoms with Crippen LogP contribution in [0.2, 0.25) is 0 Å². The van der Waals surface area contributed by atoms with Crippen LogP contribution in [0.15, 0.2) is 71.3 Å². The smallest absolute Gasteiger partial charge is 0.228 e. The standard InChI is InChI=1S/C25H29N3O3/c1-30-23-10-6-20(7-11-23)17-25(29)26-22-8-4-21(5-9-22)18-27-12-14-28(15-13-27)19-24-3-2-16-31-24/h2-11,16H,12-15,17-19H2,1H3,(H,26,29). The van der Waals surface area contributed by atoms with Crippen molar-refractivity contribution in [1.82, 2.24) is 9.80 Å². The molecule has 2 aromatic carbocycles. The van der Waals surface area contributed by atoms with Gasteiger partial charge in [-0.15, -0.1) is 0 Å². The molecule has 0 radical (unpaired) electrons. The Kier molecular flexibility index (Phi) is 7.02. The molecule has 1 aromatic heterocycles. The van der Waals surface area contributed by atoms with Gasteiger partial charge < -0.3 is 14.5 Å². The van der Waals surface area contributed by atoms with Crippen LogP contribution >= 0.6 is 0 Å². The molecule has 0 bridgehead atoms. The van der Waals surface area contributed by atoms with E-state index in [1.54, 1.807) is 13.4 Å². The van der Waals surface area contributed by atoms with E-state index in [1.807, 2.05) is 48.5 Å². The second kappa shape index (κ2) is 10.3. The molecular formula is C25H29N3O3. The maximum Gasteiger partial charge on any atom is 0.228 e. The van der Waals surface area contributed by atoms with Gasteiger partial charge in [-0.25, -0.2) is 0 Å². The van der Waals surface area contributed by atoms with E-state index in [4.69, 9.17) is 9.15 Å². The molecular weight excluding hydrogens is 390 g/mol. The highest BCUT2D eigenvalue weighted by atomic mass is 16.5. The lowest BCUT2D eigenvalue weighted by Crippen LogP contribution is -2.45. The first-order chi connectivity index (χ1) is 15.2. The number of amides is 1. The van der Waals surface area contributed by atoms with E-state index >= 15 is 0 Å². The quantitative estimate of drug-likeness (QED) is 0.602. The Morgan fingerprint density at radius 2 is 1.55 bits per heavy atom. The van der Waals surface area contributed by atoms with Crippen molar-refractivity contribution < 1.29 is 13.9 Å². The van der Waals surface area contributed by atoms with Crippen molar-refractivity contribution in [2.24, 2.45) is 0 Å². The summed E-state index contributed by atoms with van der Waals surface area (Å²) in [6, 6.07) is 19.7. The summed E-state index contributed by atoms with van der Waals surface area (Å²) in [6.07, 6.45) is 2.07. The molecule has 1 aliphatic heterocycles. The van der Waals surface area contributed by atoms with Crippen LogP contribution in [0, 0.1) is 0 Å². The molecule has 1 aliphatic rings. The third kappa shape index (κ3) is 6.20. The monoisotopic (exact) mass is 419 g/mol. The van der Waals surface area contributed by atoms with E-state index in [9.17, 15) is 4.79 Å². The Balaban J connectivity index is 1.21. The Morgan fingerprint density at radius 3 is 2.16 bits per heavy atom. The summed E-state index contributed by atoms with van der Waals surface area (Å²) in [7, 11) is 1.63. The minimum absolute atomic E-state index is 0.0226. The molecule has 3 aromatic rings. The summed E-state index contributed by atoms with van der Waals surface area (Å²) in [4.78, 5) is 17.2. The molecule has 0 aliphatic carbocycles. The number of rotatable bonds is 8. The topological polar surface area (TPSA) is 58.0 Å². The molecule has 6 heteroatoms. The number of hydrogen-bond acceptors (Lipinski definition) is 5. The SMILES string of the molecule is COc1ccc(CC(=O)Nc2ccc(CN3CCN(Cc4ccco4)CC3)cc2)cc1. The summed E-state index contributed by atoms with van der Waals surface area (Å²) in [6.45, 7) is 5.98. The van der Waals surface area contributed by atoms with Gasteiger partial charge in [0.15, 0.2) is 0 Å². The molecule has 4 rings (SSSR count). The molecule has 1 N–H and O–H groups in total. The molecule has 31 heavy (non-hydrogen) atoms. The maximum absolute atomic E-state index is 12.3. The average Bonchev–Trinajstić information content (AvgIpc) is 3.30. The van der Waals surface area contributed by atoms with Gasteiger partial charge in [0.2, 0.25) is 5.91 Å². The zero-order chi connectivity index (χ0) is 21.5. The molecule has 0 unspecified atom stereocenters. The van der Waals surface area contributed by atoms with Gasteiger partial charge in [0.1, 0.15) is 11.5 Å². The zero-order valence-corrected chi connectivity index (χ0v) is 17.9. The lowest BCUT2D eigenvalue weighted by Gasteiger charge is -2.34. The van der Waals surface area contributed by atoms with Crippen LogP contribution in [0.4, 0.5) is 5.69 Å². The van der Waals surface area contributed by atoms with Gasteiger partial charge >= 0.3 is 0 Å². The van der Waals surface area contributed by atoms with Crippen LogP contribution in [-0.2, 0) is 24.3 Å². The highest BCUT2D eigenvalue weighted by Gasteiger charge is 2.17. The number of benzene rings is 2. The molecule has 2 heterocycles. The van der Waals surface area contributed by atoms with Crippen molar-refractivity contribution in [3.63, 3.8) is 0 Å². The molecule has 6 nitrogen and oxygen atoms in total. The van der Waals surface area contributed by atoms with Crippen molar-refractivity contribution in [3.8, 4) is 5.75 Å². The van der Waals surface area contributed by atoms with Crippen LogP contribution in [0.3, 0.4) is 0 Å². The summed E-state index contributed by atoms with van der Waals surface area (Å²) in [5.74, 6) is 1.79. The van der Waals surface area contributed by atoms with E-state index < -0.39 is 0 Å². The number of ether oxygens (including phenoxy) is 1. The average molecular weight is 420 g/mol. The fourth-order valence-corrected chi connectivity index (χ4v) is 3.81. The third-order valence-corrected chi connectivity index (χ3v) is 5.59. The molecule has 0 spiro atoms. The number of hydrogen-bond donors (Lipinski definition) is 1. The van der Waals surface area contributed by atoms with Crippen molar-refractivity contribution >= 4 is 11.6 Å². The van der Waals surface area contributed by atoms with Gasteiger partial charge in [-0.3, -0.25) is 14.6 Å². The van der Waals surface area contributed by atoms with Crippen LogP contribution in [0.1, 0.15) is 16.9 Å². The van der Waals surface area contributed by atoms with E-state index in [2.05, 4.69) is 27.2 Å². The van der Waals surface area contributed by atoms with Crippen molar-refractivity contribution in [1.29, 1.82) is 0 Å². The number of nitrogens with one attached hydrogen (secondary N) is 1. The van der Waals surface area contributed by atoms with E-state index in [0.29, 0.717) is 6.42 Å². The third-order valence-electron chi connectivity index (χ3n) is 5.59. The second-order valence-electron chi connectivity index (χ2n) is 7.90. The Bertz CT molecular complexity index is 945. The summed E-state index contributed by atoms with van der Waals surface area (Å²) in [5.41, 5.74) is 3.04. The van der Waals surface area contributed by atoms with Crippen LogP contribution < -0.4 is 10.1 Å². The number of carbonyl (C=O) groups excluding carboxylic acids is 1. The first kappa shape index (κ1) is 21.2. The predicted octanol–water partition coefficient (Wildman–Crippen LogP) is 3.79. The fraction of sp³-hybridized carbons (Fsp3) is 0.320. The van der Waals surface area contributed by atoms with Gasteiger partial charge in [-0.05, 0) is 47.5 Å². The Hall–Kier alpha value is -3.09. The summed E-state index contributed by atoms with van der Waals surface area (Å²) in [5, 5.41) is 2.98. The van der Waals surface area contributed by atoms with Crippen molar-refractivity contribution in [2.75, 3.05) is 38.6 Å². The molecule has 1 fully saturated rings. The lowest BCUT2D eigenvalue weighted by molar-refractivity contribution is -0.115. The largest absolute Gasteiger partial charge is 0.497 e. The highest BCUT2D eigenvalue weighted by Crippen LogP contribution is 2.16. The summed E-state index contributed by atoms with van der Waals surface area (Å²) >= 11 is 0. The normalized spacial score (nSPS) is 15.0. The van der Waals surface area contributed by atoms with Gasteiger partial charge in [-0.2, -0.15) is 0 Å². The molecule has 0 atom stereocenters. The van der Waals surface area contributed by atoms with Gasteiger partial charge in [0.05, 0.1) is 26.3 Å². The van der Waals surface area contributed by atoms with Gasteiger partial charge in [0.25, 0.3) is 0 Å². The second-order valence-corrected chi connectivity index (χ2v) is 7.90. The number of piperazine rings is 1. The fourth-order valence-electron chi connectivity index (χ4n) is 3.81. The van der Waals surface area contributed by atoms with E-state index in [1.165, 1.54) is 5.56 Å². The Labute approximate surface area is 183 Å². The highest BCUT2D eigenvalue weighted by molar-refractivity contribution is 5.92. The first-order valence-electron chi connectivity index (χ1n) is 10.7. The maximum atomic E-state index is 12.3. The first-order valence-corrected chi connectivity index (χ1v) is 10.7. The van der Waals surface area contributed by atoms with Crippen LogP contribution in [0.25, 0.3) is 0 Å². The Morgan fingerprint density at radius 1 is 0.903 bits per heavy atom. The molecule has 1 amide bonds. The molecule has 162 valence electrons. The lowest BCUT2D eigenvalue weighted by atomic mass is 10.1. The van der Waals surface area contributed by atoms with Crippen LogP contribution in [0.5, 0.6) is 5.75 Å². The van der Waals surface area contributed by atoms with E-state index in [-0.39, 0.29) is 5.91 Å². The molecule has 1 saturated heterocycles. The number of nitrogens with zero attached hydrogens (tertiary/aromatic N) is 2. The number of anilines is 1. The van der Waals surface area contributed by atoms with Gasteiger partial charge in [0, 0.05) is 38.4 Å². The van der Waals surface area contributed by atoms with Crippen LogP contribution in [-0.4, -0.2) is 49.0 Å². The predicted molar refractivity (Wildman–Crippen MR) is 121 cm³/mol. The summed E-state index contributed by atoms with van der Waals surface area (Å²) < 4.78 is 10.6. The van der Waals surface area contributed by atoms with Gasteiger partial charge in [-0.1, -0.05) is 24.3 Å². The minimum Gasteiger partial charge on any atom is -0.497 e. The molecule has 0 saturated carbocycles. The number of methoxy groups -OCH3 is 1. The van der Waals surface area contributed by atoms with Crippen molar-refractivity contribution in [2.45, 2.75) is 19.5 Å². The number of furan rings is 1. The number of carbonyl (C=O) groups is 1. The van der Waals surface area contributed by atoms with Crippen molar-refractivity contribution in [3.05, 3.63) is 83.8 Å².